The average Bonchev–Trinajstić information content (AvgIpc) is 3.66. The Morgan fingerprint density at radius 2 is 1.73 bits per heavy atom. The van der Waals surface area contributed by atoms with Crippen molar-refractivity contribution in [1.82, 2.24) is 9.80 Å². The molecule has 2 aromatic carbocycles. The van der Waals surface area contributed by atoms with Crippen LogP contribution in [0.2, 0.25) is 0 Å². The summed E-state index contributed by atoms with van der Waals surface area (Å²) in [5, 5.41) is 6.06. The standard InChI is InChI=1S/C26H27FIN5O4/c1-13-22(30-17-6-4-5-16(12-17)29-14(2)34)21-23(31(3)24(13)35)33(20-10-7-15(28)11-19(20)27)26(37)32(25(21)36)18-8-9-18/h4-7,10-13,18,21-23,30H,8-9H2,1-3H3,(H,29,34). The lowest BCUT2D eigenvalue weighted by molar-refractivity contribution is -0.151. The van der Waals surface area contributed by atoms with Crippen molar-refractivity contribution < 1.29 is 23.6 Å². The number of halogens is 2. The molecule has 1 aliphatic carbocycles. The Kier molecular flexibility index (Phi) is 6.59. The molecule has 1 saturated carbocycles. The normalized spacial score (nSPS) is 25.8. The molecule has 5 amide bonds. The van der Waals surface area contributed by atoms with Crippen molar-refractivity contribution in [3.8, 4) is 0 Å². The van der Waals surface area contributed by atoms with Crippen LogP contribution in [0.3, 0.4) is 0 Å². The van der Waals surface area contributed by atoms with Gasteiger partial charge in [-0.2, -0.15) is 0 Å². The van der Waals surface area contributed by atoms with Gasteiger partial charge in [-0.05, 0) is 71.8 Å². The summed E-state index contributed by atoms with van der Waals surface area (Å²) in [6, 6.07) is 9.99. The minimum Gasteiger partial charge on any atom is -0.380 e. The Morgan fingerprint density at radius 1 is 1.03 bits per heavy atom. The number of fused-ring (bicyclic) bond motifs is 1. The van der Waals surface area contributed by atoms with Gasteiger partial charge >= 0.3 is 6.03 Å². The second-order valence-corrected chi connectivity index (χ2v) is 11.0. The van der Waals surface area contributed by atoms with Crippen LogP contribution in [-0.2, 0) is 14.4 Å². The Hall–Kier alpha value is -3.22. The number of carbonyl (C=O) groups is 4. The van der Waals surface area contributed by atoms with Gasteiger partial charge in [-0.1, -0.05) is 13.0 Å². The Bertz CT molecular complexity index is 1300. The van der Waals surface area contributed by atoms with Crippen LogP contribution < -0.4 is 15.5 Å². The van der Waals surface area contributed by atoms with E-state index in [1.807, 2.05) is 22.6 Å². The molecule has 4 atom stereocenters. The molecule has 2 heterocycles. The fourth-order valence-electron chi connectivity index (χ4n) is 5.33. The van der Waals surface area contributed by atoms with Gasteiger partial charge in [0, 0.05) is 35.0 Å². The molecule has 5 rings (SSSR count). The van der Waals surface area contributed by atoms with Gasteiger partial charge < -0.3 is 15.5 Å². The van der Waals surface area contributed by atoms with Gasteiger partial charge in [-0.15, -0.1) is 0 Å². The summed E-state index contributed by atoms with van der Waals surface area (Å²) in [6.45, 7) is 3.15. The van der Waals surface area contributed by atoms with Crippen LogP contribution in [-0.4, -0.2) is 58.8 Å². The minimum absolute atomic E-state index is 0.0270. The number of rotatable bonds is 5. The van der Waals surface area contributed by atoms with Crippen molar-refractivity contribution in [2.75, 3.05) is 22.6 Å². The predicted molar refractivity (Wildman–Crippen MR) is 144 cm³/mol. The molecule has 9 nitrogen and oxygen atoms in total. The highest BCUT2D eigenvalue weighted by molar-refractivity contribution is 14.1. The van der Waals surface area contributed by atoms with Gasteiger partial charge in [-0.3, -0.25) is 24.2 Å². The van der Waals surface area contributed by atoms with Gasteiger partial charge in [0.15, 0.2) is 0 Å². The Labute approximate surface area is 227 Å². The first-order chi connectivity index (χ1) is 17.6. The van der Waals surface area contributed by atoms with Gasteiger partial charge in [0.1, 0.15) is 12.0 Å². The molecule has 2 N–H and O–H groups in total. The lowest BCUT2D eigenvalue weighted by Crippen LogP contribution is -2.74. The number of urea groups is 1. The van der Waals surface area contributed by atoms with Crippen LogP contribution in [0.1, 0.15) is 26.7 Å². The first kappa shape index (κ1) is 25.4. The third-order valence-corrected chi connectivity index (χ3v) is 7.85. The zero-order valence-corrected chi connectivity index (χ0v) is 22.7. The molecule has 2 aliphatic heterocycles. The molecular formula is C26H27FIN5O4. The number of nitrogens with zero attached hydrogens (tertiary/aromatic N) is 3. The minimum atomic E-state index is -1.01. The monoisotopic (exact) mass is 619 g/mol. The molecule has 2 saturated heterocycles. The number of piperidine rings is 1. The molecule has 0 radical (unpaired) electrons. The number of benzene rings is 2. The quantitative estimate of drug-likeness (QED) is 0.496. The highest BCUT2D eigenvalue weighted by atomic mass is 127. The SMILES string of the molecule is CC(=O)Nc1cccc(NC2C(C)C(=O)N(C)C3C2C(=O)N(C2CC2)C(=O)N3c2ccc(I)cc2F)c1. The van der Waals surface area contributed by atoms with E-state index >= 15 is 4.39 Å². The summed E-state index contributed by atoms with van der Waals surface area (Å²) in [4.78, 5) is 56.5. The van der Waals surface area contributed by atoms with E-state index in [2.05, 4.69) is 10.6 Å². The highest BCUT2D eigenvalue weighted by Crippen LogP contribution is 2.43. The van der Waals surface area contributed by atoms with Crippen LogP contribution in [0.15, 0.2) is 42.5 Å². The summed E-state index contributed by atoms with van der Waals surface area (Å²) in [6.07, 6.45) is 0.377. The van der Waals surface area contributed by atoms with Crippen LogP contribution in [0.5, 0.6) is 0 Å². The van der Waals surface area contributed by atoms with E-state index in [1.54, 1.807) is 44.3 Å². The number of likely N-dealkylation sites (tertiary alicyclic amines) is 1. The van der Waals surface area contributed by atoms with E-state index in [9.17, 15) is 19.2 Å². The van der Waals surface area contributed by atoms with Gasteiger partial charge in [0.25, 0.3) is 0 Å². The van der Waals surface area contributed by atoms with E-state index < -0.39 is 35.9 Å². The van der Waals surface area contributed by atoms with Crippen LogP contribution >= 0.6 is 22.6 Å². The maximum absolute atomic E-state index is 15.2. The molecule has 37 heavy (non-hydrogen) atoms. The topological polar surface area (TPSA) is 102 Å². The number of amides is 5. The molecule has 4 unspecified atom stereocenters. The molecule has 0 bridgehead atoms. The van der Waals surface area contributed by atoms with Gasteiger partial charge in [-0.25, -0.2) is 9.18 Å². The predicted octanol–water partition coefficient (Wildman–Crippen LogP) is 3.85. The summed E-state index contributed by atoms with van der Waals surface area (Å²) >= 11 is 1.99. The van der Waals surface area contributed by atoms with E-state index in [0.717, 1.165) is 0 Å². The van der Waals surface area contributed by atoms with Crippen LogP contribution in [0.4, 0.5) is 26.2 Å². The second-order valence-electron chi connectivity index (χ2n) is 9.80. The Morgan fingerprint density at radius 3 is 2.38 bits per heavy atom. The molecule has 2 aromatic rings. The molecule has 194 valence electrons. The highest BCUT2D eigenvalue weighted by Gasteiger charge is 2.60. The first-order valence-corrected chi connectivity index (χ1v) is 13.2. The number of anilines is 3. The number of carbonyl (C=O) groups excluding carboxylic acids is 4. The fourth-order valence-corrected chi connectivity index (χ4v) is 5.78. The zero-order chi connectivity index (χ0) is 26.6. The van der Waals surface area contributed by atoms with E-state index in [0.29, 0.717) is 27.8 Å². The average molecular weight is 619 g/mol. The molecule has 3 aliphatic rings. The van der Waals surface area contributed by atoms with Crippen molar-refractivity contribution in [2.45, 2.75) is 44.9 Å². The lowest BCUT2D eigenvalue weighted by Gasteiger charge is -2.54. The third-order valence-electron chi connectivity index (χ3n) is 7.18. The van der Waals surface area contributed by atoms with Crippen molar-refractivity contribution >= 4 is 63.4 Å². The van der Waals surface area contributed by atoms with E-state index in [1.165, 1.54) is 33.8 Å². The molecule has 0 spiro atoms. The van der Waals surface area contributed by atoms with Gasteiger partial charge in [0.2, 0.25) is 17.7 Å². The van der Waals surface area contributed by atoms with Crippen molar-refractivity contribution in [2.24, 2.45) is 11.8 Å². The van der Waals surface area contributed by atoms with Crippen molar-refractivity contribution in [3.05, 3.63) is 51.9 Å². The van der Waals surface area contributed by atoms with Crippen LogP contribution in [0.25, 0.3) is 0 Å². The zero-order valence-electron chi connectivity index (χ0n) is 20.6. The molecule has 0 aromatic heterocycles. The van der Waals surface area contributed by atoms with E-state index in [4.69, 9.17) is 0 Å². The van der Waals surface area contributed by atoms with E-state index in [-0.39, 0.29) is 29.5 Å². The maximum atomic E-state index is 15.2. The summed E-state index contributed by atoms with van der Waals surface area (Å²) in [5.41, 5.74) is 1.20. The largest absolute Gasteiger partial charge is 0.380 e. The summed E-state index contributed by atoms with van der Waals surface area (Å²) < 4.78 is 15.9. The summed E-state index contributed by atoms with van der Waals surface area (Å²) in [7, 11) is 1.55. The number of hydrogen-bond acceptors (Lipinski definition) is 5. The number of imide groups is 1. The third kappa shape index (κ3) is 4.53. The van der Waals surface area contributed by atoms with Crippen molar-refractivity contribution in [1.29, 1.82) is 0 Å². The Balaban J connectivity index is 1.60. The smallest absolute Gasteiger partial charge is 0.333 e. The number of nitrogens with one attached hydrogen (secondary N) is 2. The summed E-state index contributed by atoms with van der Waals surface area (Å²) in [5.74, 6) is -2.93. The molecule has 11 heteroatoms. The molecular weight excluding hydrogens is 592 g/mol. The lowest BCUT2D eigenvalue weighted by atomic mass is 9.78. The van der Waals surface area contributed by atoms with Gasteiger partial charge in [0.05, 0.1) is 23.6 Å². The number of hydrogen-bond donors (Lipinski definition) is 2. The first-order valence-electron chi connectivity index (χ1n) is 12.1. The second kappa shape index (κ2) is 9.58. The fraction of sp³-hybridized carbons (Fsp3) is 0.385. The van der Waals surface area contributed by atoms with Crippen molar-refractivity contribution in [3.63, 3.8) is 0 Å². The molecule has 3 fully saturated rings. The van der Waals surface area contributed by atoms with Crippen LogP contribution in [0, 0.1) is 21.2 Å². The maximum Gasteiger partial charge on any atom is 0.333 e.